The summed E-state index contributed by atoms with van der Waals surface area (Å²) in [5.74, 6) is -0.00140. The van der Waals surface area contributed by atoms with Crippen molar-refractivity contribution >= 4 is 40.6 Å². The van der Waals surface area contributed by atoms with Crippen LogP contribution in [-0.2, 0) is 11.3 Å². The minimum atomic E-state index is -0.289. The number of pyridine rings is 1. The van der Waals surface area contributed by atoms with Gasteiger partial charge in [0.2, 0.25) is 5.91 Å². The Bertz CT molecular complexity index is 2080. The molecule has 3 N–H and O–H groups in total. The summed E-state index contributed by atoms with van der Waals surface area (Å²) in [6.07, 6.45) is 10.3. The lowest BCUT2D eigenvalue weighted by Gasteiger charge is -2.43. The van der Waals surface area contributed by atoms with Crippen LogP contribution >= 0.6 is 0 Å². The highest BCUT2D eigenvalue weighted by Gasteiger charge is 2.39. The third kappa shape index (κ3) is 6.38. The summed E-state index contributed by atoms with van der Waals surface area (Å²) in [4.78, 5) is 50.2. The van der Waals surface area contributed by atoms with Crippen molar-refractivity contribution in [1.82, 2.24) is 40.1 Å². The number of para-hydroxylation sites is 1. The molecule has 9 rings (SSSR count). The third-order valence-corrected chi connectivity index (χ3v) is 11.2. The Hall–Kier alpha value is -5.37. The Labute approximate surface area is 308 Å². The van der Waals surface area contributed by atoms with Gasteiger partial charge in [-0.15, -0.1) is 10.2 Å². The predicted octanol–water partition coefficient (Wildman–Crippen LogP) is 4.91. The van der Waals surface area contributed by atoms with Crippen molar-refractivity contribution in [2.24, 2.45) is 5.92 Å². The number of hydrogen-bond donors (Lipinski definition) is 3. The summed E-state index contributed by atoms with van der Waals surface area (Å²) in [6.45, 7) is 6.14. The number of anilines is 4. The van der Waals surface area contributed by atoms with Gasteiger partial charge in [0.05, 0.1) is 41.0 Å². The maximum Gasteiger partial charge on any atom is 0.274 e. The van der Waals surface area contributed by atoms with Gasteiger partial charge in [-0.25, -0.2) is 0 Å². The van der Waals surface area contributed by atoms with E-state index in [9.17, 15) is 14.4 Å². The molecule has 2 saturated heterocycles. The SMILES string of the molecule is CCC1c2c(cnn2C2CN(Cc3cccnc3C(=O)N3CCCC3)C2)-c2cccc(Nc3cc(NC(=O)C4CC4)nnc3C(=O)NC3CC3)c2N1C. The van der Waals surface area contributed by atoms with Gasteiger partial charge in [0, 0.05) is 75.1 Å². The monoisotopic (exact) mass is 715 g/mol. The first-order valence-electron chi connectivity index (χ1n) is 19.0. The normalized spacial score (nSPS) is 19.7. The fraction of sp³-hybridized carbons (Fsp3) is 0.462. The molecule has 274 valence electrons. The average molecular weight is 716 g/mol. The molecular formula is C39H45N11O3. The van der Waals surface area contributed by atoms with Crippen molar-refractivity contribution < 1.29 is 14.4 Å². The van der Waals surface area contributed by atoms with Crippen molar-refractivity contribution in [2.45, 2.75) is 76.5 Å². The number of aromatic nitrogens is 5. The molecule has 1 atom stereocenters. The van der Waals surface area contributed by atoms with E-state index in [4.69, 9.17) is 5.10 Å². The Balaban J connectivity index is 0.974. The van der Waals surface area contributed by atoms with Crippen LogP contribution in [0.1, 0.15) is 96.2 Å². The van der Waals surface area contributed by atoms with Gasteiger partial charge in [-0.2, -0.15) is 5.10 Å². The minimum Gasteiger partial charge on any atom is -0.364 e. The smallest absolute Gasteiger partial charge is 0.274 e. The molecule has 0 radical (unpaired) electrons. The molecule has 53 heavy (non-hydrogen) atoms. The number of benzene rings is 1. The van der Waals surface area contributed by atoms with Crippen LogP contribution in [0.3, 0.4) is 0 Å². The quantitative estimate of drug-likeness (QED) is 0.195. The zero-order valence-electron chi connectivity index (χ0n) is 30.2. The topological polar surface area (TPSA) is 154 Å². The van der Waals surface area contributed by atoms with E-state index in [2.05, 4.69) is 65.7 Å². The van der Waals surface area contributed by atoms with Crippen LogP contribution in [0.15, 0.2) is 48.8 Å². The molecule has 4 fully saturated rings. The number of fused-ring (bicyclic) bond motifs is 3. The predicted molar refractivity (Wildman–Crippen MR) is 200 cm³/mol. The molecule has 0 spiro atoms. The second-order valence-corrected chi connectivity index (χ2v) is 15.1. The molecule has 3 aromatic heterocycles. The van der Waals surface area contributed by atoms with Gasteiger partial charge in [-0.1, -0.05) is 25.1 Å². The molecule has 1 aromatic carbocycles. The molecule has 3 aliphatic heterocycles. The highest BCUT2D eigenvalue weighted by Crippen LogP contribution is 2.50. The van der Waals surface area contributed by atoms with Crippen molar-refractivity contribution in [2.75, 3.05) is 48.8 Å². The number of nitrogens with zero attached hydrogens (tertiary/aromatic N) is 8. The van der Waals surface area contributed by atoms with Crippen LogP contribution in [0.5, 0.6) is 0 Å². The van der Waals surface area contributed by atoms with Crippen molar-refractivity contribution in [3.05, 3.63) is 71.4 Å². The van der Waals surface area contributed by atoms with Crippen molar-refractivity contribution in [3.8, 4) is 11.1 Å². The summed E-state index contributed by atoms with van der Waals surface area (Å²) < 4.78 is 2.21. The summed E-state index contributed by atoms with van der Waals surface area (Å²) in [5, 5.41) is 22.9. The maximum absolute atomic E-state index is 13.3. The van der Waals surface area contributed by atoms with Gasteiger partial charge in [0.15, 0.2) is 11.5 Å². The molecular weight excluding hydrogens is 671 g/mol. The standard InChI is InChI=1S/C39H45N11O3/c1-3-31-36-28(19-41-50(36)26-21-48(22-26)20-24-8-7-15-40-33(24)39(53)49-16-4-5-17-49)27-9-6-10-29(35(27)47(31)2)43-30-18-32(44-37(51)23-11-12-23)45-46-34(30)38(52)42-25-13-14-25/h6-10,15,18-19,23,25-26,31H,3-5,11-14,16-17,20-22H2,1-2H3,(H,42,52)(H2,43,44,45,51). The van der Waals surface area contributed by atoms with Crippen molar-refractivity contribution in [3.63, 3.8) is 0 Å². The summed E-state index contributed by atoms with van der Waals surface area (Å²) >= 11 is 0. The van der Waals surface area contributed by atoms with Gasteiger partial charge in [0.1, 0.15) is 5.69 Å². The molecule has 4 aromatic rings. The molecule has 2 saturated carbocycles. The number of nitrogens with one attached hydrogen (secondary N) is 3. The lowest BCUT2D eigenvalue weighted by atomic mass is 9.91. The van der Waals surface area contributed by atoms with E-state index in [1.165, 1.54) is 5.69 Å². The largest absolute Gasteiger partial charge is 0.364 e. The van der Waals surface area contributed by atoms with Gasteiger partial charge in [0.25, 0.3) is 11.8 Å². The Kier molecular flexibility index (Phi) is 8.56. The molecule has 14 heteroatoms. The Morgan fingerprint density at radius 1 is 0.925 bits per heavy atom. The number of likely N-dealkylation sites (tertiary alicyclic amines) is 2. The summed E-state index contributed by atoms with van der Waals surface area (Å²) in [5.41, 5.74) is 7.36. The third-order valence-electron chi connectivity index (χ3n) is 11.2. The fourth-order valence-corrected chi connectivity index (χ4v) is 8.06. The molecule has 1 unspecified atom stereocenters. The van der Waals surface area contributed by atoms with E-state index in [1.54, 1.807) is 12.3 Å². The summed E-state index contributed by atoms with van der Waals surface area (Å²) in [7, 11) is 2.11. The van der Waals surface area contributed by atoms with E-state index in [1.807, 2.05) is 35.4 Å². The van der Waals surface area contributed by atoms with Crippen LogP contribution in [0, 0.1) is 5.92 Å². The fourth-order valence-electron chi connectivity index (χ4n) is 8.06. The first-order chi connectivity index (χ1) is 25.9. The molecule has 0 bridgehead atoms. The highest BCUT2D eigenvalue weighted by atomic mass is 16.2. The number of hydrogen-bond acceptors (Lipinski definition) is 10. The lowest BCUT2D eigenvalue weighted by Crippen LogP contribution is -2.48. The van der Waals surface area contributed by atoms with E-state index < -0.39 is 0 Å². The number of carbonyl (C=O) groups excluding carboxylic acids is 3. The zero-order valence-corrected chi connectivity index (χ0v) is 30.2. The number of rotatable bonds is 11. The molecule has 5 aliphatic rings. The maximum atomic E-state index is 13.3. The second kappa shape index (κ2) is 13.6. The van der Waals surface area contributed by atoms with Gasteiger partial charge in [-0.3, -0.25) is 28.9 Å². The zero-order chi connectivity index (χ0) is 36.2. The van der Waals surface area contributed by atoms with E-state index in [-0.39, 0.29) is 47.5 Å². The molecule has 14 nitrogen and oxygen atoms in total. The van der Waals surface area contributed by atoms with E-state index in [0.29, 0.717) is 23.7 Å². The van der Waals surface area contributed by atoms with Gasteiger partial charge in [-0.05, 0) is 62.6 Å². The number of carbonyl (C=O) groups is 3. The van der Waals surface area contributed by atoms with Crippen LogP contribution < -0.4 is 20.9 Å². The van der Waals surface area contributed by atoms with Crippen LogP contribution in [0.25, 0.3) is 11.1 Å². The molecule has 3 amide bonds. The second-order valence-electron chi connectivity index (χ2n) is 15.1. The molecule has 2 aliphatic carbocycles. The highest BCUT2D eigenvalue weighted by molar-refractivity contribution is 6.01. The molecule has 6 heterocycles. The summed E-state index contributed by atoms with van der Waals surface area (Å²) in [6, 6.07) is 12.2. The van der Waals surface area contributed by atoms with Crippen molar-refractivity contribution in [1.29, 1.82) is 0 Å². The Morgan fingerprint density at radius 2 is 1.74 bits per heavy atom. The first-order valence-corrected chi connectivity index (χ1v) is 19.0. The Morgan fingerprint density at radius 3 is 2.49 bits per heavy atom. The number of amides is 3. The van der Waals surface area contributed by atoms with E-state index >= 15 is 0 Å². The van der Waals surface area contributed by atoms with Gasteiger partial charge >= 0.3 is 0 Å². The van der Waals surface area contributed by atoms with Crippen LogP contribution in [0.4, 0.5) is 22.9 Å². The minimum absolute atomic E-state index is 0.00858. The van der Waals surface area contributed by atoms with Crippen LogP contribution in [-0.4, -0.2) is 91.8 Å². The lowest BCUT2D eigenvalue weighted by molar-refractivity contribution is -0.117. The van der Waals surface area contributed by atoms with Gasteiger partial charge < -0.3 is 25.8 Å². The van der Waals surface area contributed by atoms with Crippen LogP contribution in [0.2, 0.25) is 0 Å². The first kappa shape index (κ1) is 33.5. The van der Waals surface area contributed by atoms with E-state index in [0.717, 1.165) is 99.2 Å². The average Bonchev–Trinajstić information content (AvgIpc) is 4.07.